The van der Waals surface area contributed by atoms with Gasteiger partial charge in [-0.1, -0.05) is 13.0 Å². The van der Waals surface area contributed by atoms with Crippen molar-refractivity contribution in [3.63, 3.8) is 0 Å². The Bertz CT molecular complexity index is 502. The van der Waals surface area contributed by atoms with Gasteiger partial charge in [0.15, 0.2) is 0 Å². The Morgan fingerprint density at radius 3 is 2.72 bits per heavy atom. The number of aliphatic hydroxyl groups excluding tert-OH is 1. The number of nitrogens with one attached hydrogen (secondary N) is 1. The van der Waals surface area contributed by atoms with Crippen LogP contribution in [0.4, 0.5) is 4.39 Å². The van der Waals surface area contributed by atoms with Crippen LogP contribution >= 0.6 is 0 Å². The van der Waals surface area contributed by atoms with Gasteiger partial charge in [0.05, 0.1) is 11.0 Å². The first kappa shape index (κ1) is 15.1. The van der Waals surface area contributed by atoms with E-state index in [9.17, 15) is 17.9 Å². The smallest absolute Gasteiger partial charge is 0.240 e. The molecular weight excluding hydrogens is 257 g/mol. The predicted octanol–water partition coefficient (Wildman–Crippen LogP) is 1.57. The van der Waals surface area contributed by atoms with Crippen LogP contribution in [0, 0.1) is 12.7 Å². The maximum atomic E-state index is 13.3. The zero-order chi connectivity index (χ0) is 13.8. The highest BCUT2D eigenvalue weighted by Crippen LogP contribution is 2.17. The molecule has 1 rings (SSSR count). The van der Waals surface area contributed by atoms with Gasteiger partial charge in [-0.25, -0.2) is 17.5 Å². The highest BCUT2D eigenvalue weighted by atomic mass is 32.2. The normalized spacial score (nSPS) is 13.6. The summed E-state index contributed by atoms with van der Waals surface area (Å²) >= 11 is 0. The molecule has 0 fully saturated rings. The molecule has 18 heavy (non-hydrogen) atoms. The molecular formula is C12H18FNO3S. The number of hydrogen-bond donors (Lipinski definition) is 2. The fourth-order valence-electron chi connectivity index (χ4n) is 1.52. The summed E-state index contributed by atoms with van der Waals surface area (Å²) < 4.78 is 39.5. The van der Waals surface area contributed by atoms with Gasteiger partial charge in [-0.2, -0.15) is 0 Å². The van der Waals surface area contributed by atoms with Crippen LogP contribution in [0.1, 0.15) is 25.3 Å². The molecule has 0 heterocycles. The first-order valence-corrected chi connectivity index (χ1v) is 7.29. The molecule has 0 spiro atoms. The van der Waals surface area contributed by atoms with Crippen LogP contribution in [0.2, 0.25) is 0 Å². The second-order valence-electron chi connectivity index (χ2n) is 4.11. The van der Waals surface area contributed by atoms with E-state index < -0.39 is 21.9 Å². The SMILES string of the molecule is CCC(O)CCNS(=O)(=O)c1cccc(F)c1C. The molecule has 0 radical (unpaired) electrons. The summed E-state index contributed by atoms with van der Waals surface area (Å²) in [5.74, 6) is -0.550. The molecule has 0 aromatic heterocycles. The molecule has 0 aliphatic heterocycles. The molecule has 2 N–H and O–H groups in total. The first-order valence-electron chi connectivity index (χ1n) is 5.81. The Morgan fingerprint density at radius 2 is 2.11 bits per heavy atom. The molecule has 0 bridgehead atoms. The van der Waals surface area contributed by atoms with Gasteiger partial charge in [-0.05, 0) is 31.9 Å². The van der Waals surface area contributed by atoms with E-state index in [0.29, 0.717) is 12.8 Å². The largest absolute Gasteiger partial charge is 0.393 e. The Hall–Kier alpha value is -0.980. The van der Waals surface area contributed by atoms with Crippen molar-refractivity contribution in [1.82, 2.24) is 4.72 Å². The van der Waals surface area contributed by atoms with Gasteiger partial charge in [-0.15, -0.1) is 0 Å². The van der Waals surface area contributed by atoms with Crippen LogP contribution in [0.3, 0.4) is 0 Å². The number of halogens is 1. The minimum absolute atomic E-state index is 0.0616. The van der Waals surface area contributed by atoms with E-state index in [1.165, 1.54) is 25.1 Å². The predicted molar refractivity (Wildman–Crippen MR) is 67.2 cm³/mol. The van der Waals surface area contributed by atoms with Crippen molar-refractivity contribution in [2.75, 3.05) is 6.54 Å². The van der Waals surface area contributed by atoms with E-state index in [0.717, 1.165) is 0 Å². The van der Waals surface area contributed by atoms with Crippen molar-refractivity contribution in [3.8, 4) is 0 Å². The number of benzene rings is 1. The summed E-state index contributed by atoms with van der Waals surface area (Å²) in [5.41, 5.74) is 0.0982. The summed E-state index contributed by atoms with van der Waals surface area (Å²) in [7, 11) is -3.72. The lowest BCUT2D eigenvalue weighted by Gasteiger charge is -2.11. The zero-order valence-corrected chi connectivity index (χ0v) is 11.3. The number of hydrogen-bond acceptors (Lipinski definition) is 3. The minimum atomic E-state index is -3.72. The zero-order valence-electron chi connectivity index (χ0n) is 10.5. The van der Waals surface area contributed by atoms with E-state index in [4.69, 9.17) is 0 Å². The third-order valence-electron chi connectivity index (χ3n) is 2.75. The highest BCUT2D eigenvalue weighted by Gasteiger charge is 2.18. The van der Waals surface area contributed by atoms with Crippen molar-refractivity contribution in [2.24, 2.45) is 0 Å². The number of aliphatic hydroxyl groups is 1. The van der Waals surface area contributed by atoms with Crippen molar-refractivity contribution in [1.29, 1.82) is 0 Å². The van der Waals surface area contributed by atoms with Gasteiger partial charge in [0.2, 0.25) is 10.0 Å². The summed E-state index contributed by atoms with van der Waals surface area (Å²) in [6.07, 6.45) is 0.381. The third-order valence-corrected chi connectivity index (χ3v) is 4.35. The maximum absolute atomic E-state index is 13.3. The standard InChI is InChI=1S/C12H18FNO3S/c1-3-10(15)7-8-14-18(16,17)12-6-4-5-11(13)9(12)2/h4-6,10,14-15H,3,7-8H2,1-2H3. The fraction of sp³-hybridized carbons (Fsp3) is 0.500. The summed E-state index contributed by atoms with van der Waals surface area (Å²) in [4.78, 5) is -0.0616. The number of sulfonamides is 1. The van der Waals surface area contributed by atoms with Crippen LogP contribution in [0.5, 0.6) is 0 Å². The average Bonchev–Trinajstić information content (AvgIpc) is 2.32. The van der Waals surface area contributed by atoms with E-state index in [1.54, 1.807) is 0 Å². The van der Waals surface area contributed by atoms with Crippen LogP contribution in [0.15, 0.2) is 23.1 Å². The second kappa shape index (κ2) is 6.26. The molecule has 1 aromatic carbocycles. The maximum Gasteiger partial charge on any atom is 0.240 e. The lowest BCUT2D eigenvalue weighted by Crippen LogP contribution is -2.28. The molecule has 0 saturated heterocycles. The first-order chi connectivity index (χ1) is 8.38. The molecule has 0 aliphatic carbocycles. The van der Waals surface area contributed by atoms with E-state index in [2.05, 4.69) is 4.72 Å². The van der Waals surface area contributed by atoms with E-state index >= 15 is 0 Å². The van der Waals surface area contributed by atoms with Gasteiger partial charge in [0, 0.05) is 12.1 Å². The van der Waals surface area contributed by atoms with Gasteiger partial charge in [-0.3, -0.25) is 0 Å². The van der Waals surface area contributed by atoms with Crippen molar-refractivity contribution < 1.29 is 17.9 Å². The Morgan fingerprint density at radius 1 is 1.44 bits per heavy atom. The van der Waals surface area contributed by atoms with Crippen molar-refractivity contribution in [3.05, 3.63) is 29.6 Å². The average molecular weight is 275 g/mol. The lowest BCUT2D eigenvalue weighted by molar-refractivity contribution is 0.162. The van der Waals surface area contributed by atoms with Gasteiger partial charge >= 0.3 is 0 Å². The van der Waals surface area contributed by atoms with Crippen LogP contribution in [-0.2, 0) is 10.0 Å². The molecule has 102 valence electrons. The van der Waals surface area contributed by atoms with Crippen molar-refractivity contribution >= 4 is 10.0 Å². The Kier molecular flexibility index (Phi) is 5.25. The highest BCUT2D eigenvalue weighted by molar-refractivity contribution is 7.89. The van der Waals surface area contributed by atoms with Gasteiger partial charge in [0.25, 0.3) is 0 Å². The molecule has 1 aromatic rings. The third kappa shape index (κ3) is 3.76. The topological polar surface area (TPSA) is 66.4 Å². The molecule has 1 atom stereocenters. The van der Waals surface area contributed by atoms with Crippen LogP contribution < -0.4 is 4.72 Å². The summed E-state index contributed by atoms with van der Waals surface area (Å²) in [6, 6.07) is 3.93. The van der Waals surface area contributed by atoms with E-state index in [-0.39, 0.29) is 17.0 Å². The quantitative estimate of drug-likeness (QED) is 0.828. The van der Waals surface area contributed by atoms with Gasteiger partial charge < -0.3 is 5.11 Å². The lowest BCUT2D eigenvalue weighted by atomic mass is 10.2. The fourth-order valence-corrected chi connectivity index (χ4v) is 2.82. The molecule has 0 saturated carbocycles. The summed E-state index contributed by atoms with van der Waals surface area (Å²) in [5, 5.41) is 9.33. The van der Waals surface area contributed by atoms with E-state index in [1.807, 2.05) is 6.92 Å². The Balaban J connectivity index is 2.78. The summed E-state index contributed by atoms with van der Waals surface area (Å²) in [6.45, 7) is 3.37. The molecule has 6 heteroatoms. The second-order valence-corrected chi connectivity index (χ2v) is 5.85. The molecule has 0 aliphatic rings. The monoisotopic (exact) mass is 275 g/mol. The molecule has 1 unspecified atom stereocenters. The van der Waals surface area contributed by atoms with Crippen LogP contribution in [0.25, 0.3) is 0 Å². The molecule has 0 amide bonds. The van der Waals surface area contributed by atoms with Gasteiger partial charge in [0.1, 0.15) is 5.82 Å². The molecule has 4 nitrogen and oxygen atoms in total. The number of rotatable bonds is 6. The van der Waals surface area contributed by atoms with Crippen LogP contribution in [-0.4, -0.2) is 26.2 Å². The minimum Gasteiger partial charge on any atom is -0.393 e. The Labute approximate surface area is 107 Å². The van der Waals surface area contributed by atoms with Crippen molar-refractivity contribution in [2.45, 2.75) is 37.7 Å².